The number of hydrogen-bond donors (Lipinski definition) is 2. The van der Waals surface area contributed by atoms with Crippen LogP contribution in [0.15, 0.2) is 36.3 Å². The van der Waals surface area contributed by atoms with Gasteiger partial charge in [0.05, 0.1) is 4.92 Å². The zero-order valence-electron chi connectivity index (χ0n) is 14.2. The zero-order chi connectivity index (χ0) is 18.2. The lowest BCUT2D eigenvalue weighted by Crippen LogP contribution is -2.40. The van der Waals surface area contributed by atoms with Gasteiger partial charge in [0.2, 0.25) is 0 Å². The number of benzene rings is 1. The Kier molecular flexibility index (Phi) is 6.88. The normalized spacial score (nSPS) is 16.5. The highest BCUT2D eigenvalue weighted by Crippen LogP contribution is 2.21. The minimum atomic E-state index is -0.509. The molecule has 0 radical (unpaired) electrons. The molecule has 0 unspecified atom stereocenters. The quantitative estimate of drug-likeness (QED) is 0.421. The molecule has 1 aliphatic rings. The van der Waals surface area contributed by atoms with E-state index < -0.39 is 4.92 Å². The van der Waals surface area contributed by atoms with E-state index in [0.717, 1.165) is 38.7 Å². The van der Waals surface area contributed by atoms with Gasteiger partial charge in [-0.15, -0.1) is 0 Å². The topological polar surface area (TPSA) is 87.5 Å². The molecule has 2 rings (SSSR count). The summed E-state index contributed by atoms with van der Waals surface area (Å²) >= 11 is 0. The number of nitrogens with one attached hydrogen (secondary N) is 2. The number of Topliss-reactive ketones (excluding diaryl/α,β-unsaturated/α-hetero) is 1. The molecule has 0 saturated carbocycles. The fraction of sp³-hybridized carbons (Fsp3) is 0.471. The van der Waals surface area contributed by atoms with E-state index in [4.69, 9.17) is 0 Å². The summed E-state index contributed by atoms with van der Waals surface area (Å²) < 4.78 is 12.9. The SMILES string of the molecule is CN/C(=C\[N+](=O)[O-])NCCN1CCC(C(=O)c2ccc(F)cc2)CC1. The first-order chi connectivity index (χ1) is 12.0. The Morgan fingerprint density at radius 3 is 2.56 bits per heavy atom. The molecule has 0 aliphatic carbocycles. The third-order valence-corrected chi connectivity index (χ3v) is 4.33. The fourth-order valence-corrected chi connectivity index (χ4v) is 2.92. The summed E-state index contributed by atoms with van der Waals surface area (Å²) in [7, 11) is 1.62. The van der Waals surface area contributed by atoms with Gasteiger partial charge >= 0.3 is 0 Å². The van der Waals surface area contributed by atoms with Crippen molar-refractivity contribution in [2.24, 2.45) is 5.92 Å². The van der Waals surface area contributed by atoms with Crippen molar-refractivity contribution in [3.63, 3.8) is 0 Å². The molecule has 7 nitrogen and oxygen atoms in total. The van der Waals surface area contributed by atoms with E-state index >= 15 is 0 Å². The molecule has 1 aliphatic heterocycles. The first-order valence-electron chi connectivity index (χ1n) is 8.28. The molecule has 2 N–H and O–H groups in total. The Morgan fingerprint density at radius 1 is 1.36 bits per heavy atom. The number of halogens is 1. The van der Waals surface area contributed by atoms with Crippen molar-refractivity contribution in [2.45, 2.75) is 12.8 Å². The number of nitrogens with zero attached hydrogens (tertiary/aromatic N) is 2. The van der Waals surface area contributed by atoms with Gasteiger partial charge in [-0.25, -0.2) is 4.39 Å². The molecule has 8 heteroatoms. The van der Waals surface area contributed by atoms with Crippen molar-refractivity contribution in [3.05, 3.63) is 57.8 Å². The summed E-state index contributed by atoms with van der Waals surface area (Å²) in [5, 5.41) is 16.2. The first-order valence-corrected chi connectivity index (χ1v) is 8.28. The van der Waals surface area contributed by atoms with Crippen LogP contribution < -0.4 is 10.6 Å². The number of likely N-dealkylation sites (tertiary alicyclic amines) is 1. The van der Waals surface area contributed by atoms with Crippen molar-refractivity contribution in [3.8, 4) is 0 Å². The van der Waals surface area contributed by atoms with E-state index in [0.29, 0.717) is 17.9 Å². The first kappa shape index (κ1) is 18.9. The van der Waals surface area contributed by atoms with Gasteiger partial charge in [0.25, 0.3) is 6.20 Å². The van der Waals surface area contributed by atoms with E-state index in [2.05, 4.69) is 15.5 Å². The average molecular weight is 350 g/mol. The number of rotatable bonds is 8. The third-order valence-electron chi connectivity index (χ3n) is 4.33. The van der Waals surface area contributed by atoms with Crippen LogP contribution in [0.4, 0.5) is 4.39 Å². The van der Waals surface area contributed by atoms with Crippen LogP contribution in [0.25, 0.3) is 0 Å². The molecule has 0 amide bonds. The minimum Gasteiger partial charge on any atom is -0.370 e. The van der Waals surface area contributed by atoms with Gasteiger partial charge < -0.3 is 15.5 Å². The third kappa shape index (κ3) is 5.82. The van der Waals surface area contributed by atoms with Gasteiger partial charge in [-0.3, -0.25) is 14.9 Å². The molecule has 1 heterocycles. The predicted octanol–water partition coefficient (Wildman–Crippen LogP) is 1.60. The summed E-state index contributed by atoms with van der Waals surface area (Å²) in [6.07, 6.45) is 2.42. The van der Waals surface area contributed by atoms with Crippen molar-refractivity contribution in [1.82, 2.24) is 15.5 Å². The van der Waals surface area contributed by atoms with Crippen LogP contribution >= 0.6 is 0 Å². The summed E-state index contributed by atoms with van der Waals surface area (Å²) in [6, 6.07) is 5.70. The van der Waals surface area contributed by atoms with Crippen LogP contribution in [0.2, 0.25) is 0 Å². The maximum absolute atomic E-state index is 12.9. The Labute approximate surface area is 146 Å². The van der Waals surface area contributed by atoms with Crippen LogP contribution in [0.1, 0.15) is 23.2 Å². The molecule has 0 bridgehead atoms. The smallest absolute Gasteiger partial charge is 0.274 e. The molecular formula is C17H23FN4O3. The Morgan fingerprint density at radius 2 is 2.00 bits per heavy atom. The second-order valence-electron chi connectivity index (χ2n) is 5.99. The maximum atomic E-state index is 12.9. The van der Waals surface area contributed by atoms with E-state index in [1.165, 1.54) is 24.3 Å². The second kappa shape index (κ2) is 9.12. The van der Waals surface area contributed by atoms with Gasteiger partial charge in [0.15, 0.2) is 11.6 Å². The number of nitro groups is 1. The summed E-state index contributed by atoms with van der Waals surface area (Å²) in [5.41, 5.74) is 0.560. The number of piperidine rings is 1. The van der Waals surface area contributed by atoms with E-state index in [1.54, 1.807) is 7.05 Å². The van der Waals surface area contributed by atoms with Crippen LogP contribution in [-0.4, -0.2) is 48.8 Å². The molecule has 0 atom stereocenters. The lowest BCUT2D eigenvalue weighted by atomic mass is 9.89. The van der Waals surface area contributed by atoms with Gasteiger partial charge in [-0.2, -0.15) is 0 Å². The molecule has 136 valence electrons. The minimum absolute atomic E-state index is 0.0306. The molecule has 1 fully saturated rings. The fourth-order valence-electron chi connectivity index (χ4n) is 2.92. The largest absolute Gasteiger partial charge is 0.370 e. The highest BCUT2D eigenvalue weighted by atomic mass is 19.1. The van der Waals surface area contributed by atoms with Crippen molar-refractivity contribution < 1.29 is 14.1 Å². The number of hydrogen-bond acceptors (Lipinski definition) is 6. The molecule has 1 aromatic rings. The van der Waals surface area contributed by atoms with Gasteiger partial charge in [0.1, 0.15) is 5.82 Å². The summed E-state index contributed by atoms with van der Waals surface area (Å²) in [6.45, 7) is 2.92. The van der Waals surface area contributed by atoms with E-state index in [1.807, 2.05) is 0 Å². The predicted molar refractivity (Wildman–Crippen MR) is 92.0 cm³/mol. The zero-order valence-corrected chi connectivity index (χ0v) is 14.2. The van der Waals surface area contributed by atoms with Crippen LogP contribution in [0.3, 0.4) is 0 Å². The van der Waals surface area contributed by atoms with Crippen molar-refractivity contribution in [2.75, 3.05) is 33.2 Å². The number of carbonyl (C=O) groups excluding carboxylic acids is 1. The monoisotopic (exact) mass is 350 g/mol. The van der Waals surface area contributed by atoms with Crippen LogP contribution in [0.5, 0.6) is 0 Å². The van der Waals surface area contributed by atoms with Gasteiger partial charge in [0, 0.05) is 31.6 Å². The molecule has 0 spiro atoms. The maximum Gasteiger partial charge on any atom is 0.274 e. The molecular weight excluding hydrogens is 327 g/mol. The summed E-state index contributed by atoms with van der Waals surface area (Å²) in [4.78, 5) is 24.6. The highest BCUT2D eigenvalue weighted by molar-refractivity contribution is 5.97. The lowest BCUT2D eigenvalue weighted by Gasteiger charge is -2.31. The standard InChI is InChI=1S/C17H23FN4O3/c1-19-16(12-22(24)25)20-8-11-21-9-6-14(7-10-21)17(23)13-2-4-15(18)5-3-13/h2-5,12,14,19-20H,6-11H2,1H3/b16-12+. The lowest BCUT2D eigenvalue weighted by molar-refractivity contribution is -0.404. The number of carbonyl (C=O) groups is 1. The average Bonchev–Trinajstić information content (AvgIpc) is 2.61. The highest BCUT2D eigenvalue weighted by Gasteiger charge is 2.25. The van der Waals surface area contributed by atoms with Gasteiger partial charge in [-0.1, -0.05) is 0 Å². The molecule has 1 aromatic carbocycles. The van der Waals surface area contributed by atoms with Crippen molar-refractivity contribution >= 4 is 5.78 Å². The van der Waals surface area contributed by atoms with Crippen LogP contribution in [-0.2, 0) is 0 Å². The van der Waals surface area contributed by atoms with Crippen molar-refractivity contribution in [1.29, 1.82) is 0 Å². The van der Waals surface area contributed by atoms with E-state index in [-0.39, 0.29) is 17.5 Å². The van der Waals surface area contributed by atoms with Gasteiger partial charge in [-0.05, 0) is 50.2 Å². The molecule has 0 aromatic heterocycles. The Hall–Kier alpha value is -2.48. The van der Waals surface area contributed by atoms with E-state index in [9.17, 15) is 19.3 Å². The Balaban J connectivity index is 1.75. The Bertz CT molecular complexity index is 625. The molecule has 1 saturated heterocycles. The second-order valence-corrected chi connectivity index (χ2v) is 5.99. The van der Waals surface area contributed by atoms with Crippen LogP contribution in [0, 0.1) is 21.8 Å². The molecule has 25 heavy (non-hydrogen) atoms. The summed E-state index contributed by atoms with van der Waals surface area (Å²) in [5.74, 6) is 0.0680. The number of ketones is 1.